The van der Waals surface area contributed by atoms with Crippen molar-refractivity contribution in [2.75, 3.05) is 39.4 Å². The molecule has 5 rings (SSSR count). The minimum Gasteiger partial charge on any atom is -0.507 e. The first-order valence-electron chi connectivity index (χ1n) is 12.4. The number of likely N-dealkylation sites (tertiary alicyclic amines) is 1. The molecule has 8 heteroatoms. The predicted molar refractivity (Wildman–Crippen MR) is 138 cm³/mol. The second-order valence-electron chi connectivity index (χ2n) is 9.03. The summed E-state index contributed by atoms with van der Waals surface area (Å²) >= 11 is 0. The van der Waals surface area contributed by atoms with Crippen molar-refractivity contribution in [3.63, 3.8) is 0 Å². The minimum atomic E-state index is -0.696. The molecular weight excluding hydrogens is 470 g/mol. The van der Waals surface area contributed by atoms with Gasteiger partial charge in [0.15, 0.2) is 0 Å². The average Bonchev–Trinajstić information content (AvgIpc) is 3.21. The Labute approximate surface area is 215 Å². The number of aliphatic hydroxyl groups excluding tert-OH is 1. The van der Waals surface area contributed by atoms with Gasteiger partial charge in [-0.05, 0) is 47.5 Å². The van der Waals surface area contributed by atoms with E-state index in [1.54, 1.807) is 53.7 Å². The van der Waals surface area contributed by atoms with Gasteiger partial charge in [0.25, 0.3) is 11.7 Å². The van der Waals surface area contributed by atoms with Gasteiger partial charge in [0.05, 0.1) is 24.8 Å². The molecule has 37 heavy (non-hydrogen) atoms. The number of rotatable bonds is 8. The zero-order chi connectivity index (χ0) is 25.6. The number of Topliss-reactive ketones (excluding diaryl/α,β-unsaturated/α-hetero) is 1. The van der Waals surface area contributed by atoms with Gasteiger partial charge in [-0.1, -0.05) is 30.3 Å². The standard InChI is InChI=1S/C29H29N3O5/c33-27(23-6-8-24(9-7-23)37-20-21-4-2-1-3-5-21)25-26(22-10-12-30-13-11-22)32(29(35)28(25)34)15-14-31-16-18-36-19-17-31/h1-13,26,33H,14-20H2/b27-25-. The lowest BCUT2D eigenvalue weighted by Crippen LogP contribution is -2.42. The zero-order valence-corrected chi connectivity index (χ0v) is 20.5. The van der Waals surface area contributed by atoms with E-state index in [2.05, 4.69) is 9.88 Å². The van der Waals surface area contributed by atoms with Crippen molar-refractivity contribution in [3.8, 4) is 5.75 Å². The van der Waals surface area contributed by atoms with Crippen molar-refractivity contribution in [2.24, 2.45) is 0 Å². The van der Waals surface area contributed by atoms with Crippen LogP contribution < -0.4 is 4.74 Å². The van der Waals surface area contributed by atoms with Gasteiger partial charge in [0.2, 0.25) is 0 Å². The van der Waals surface area contributed by atoms with Gasteiger partial charge in [0.1, 0.15) is 18.1 Å². The summed E-state index contributed by atoms with van der Waals surface area (Å²) in [6.45, 7) is 4.26. The minimum absolute atomic E-state index is 0.0798. The Morgan fingerprint density at radius 3 is 2.35 bits per heavy atom. The van der Waals surface area contributed by atoms with Crippen LogP contribution in [0, 0.1) is 0 Å². The zero-order valence-electron chi connectivity index (χ0n) is 20.5. The fourth-order valence-corrected chi connectivity index (χ4v) is 4.68. The molecule has 0 saturated carbocycles. The lowest BCUT2D eigenvalue weighted by Gasteiger charge is -2.30. The SMILES string of the molecule is O=C1C(=O)N(CCN2CCOCC2)C(c2ccncc2)/C1=C(/O)c1ccc(OCc2ccccc2)cc1. The van der Waals surface area contributed by atoms with Crippen molar-refractivity contribution >= 4 is 17.4 Å². The normalized spacial score (nSPS) is 19.8. The summed E-state index contributed by atoms with van der Waals surface area (Å²) in [4.78, 5) is 34.2. The fourth-order valence-electron chi connectivity index (χ4n) is 4.68. The number of aromatic nitrogens is 1. The van der Waals surface area contributed by atoms with Crippen molar-refractivity contribution in [3.05, 3.63) is 101 Å². The maximum Gasteiger partial charge on any atom is 0.295 e. The summed E-state index contributed by atoms with van der Waals surface area (Å²) in [5.74, 6) is -0.870. The third-order valence-corrected chi connectivity index (χ3v) is 6.70. The Hall–Kier alpha value is -4.01. The number of carbonyl (C=O) groups is 2. The number of ketones is 1. The number of ether oxygens (including phenoxy) is 2. The molecule has 1 aromatic heterocycles. The second kappa shape index (κ2) is 11.4. The number of benzene rings is 2. The molecule has 0 spiro atoms. The Balaban J connectivity index is 1.40. The monoisotopic (exact) mass is 499 g/mol. The number of carbonyl (C=O) groups excluding carboxylic acids is 2. The lowest BCUT2D eigenvalue weighted by molar-refractivity contribution is -0.140. The topological polar surface area (TPSA) is 92.2 Å². The van der Waals surface area contributed by atoms with Crippen LogP contribution in [0.15, 0.2) is 84.7 Å². The first-order valence-corrected chi connectivity index (χ1v) is 12.4. The molecule has 0 radical (unpaired) electrons. The summed E-state index contributed by atoms with van der Waals surface area (Å²) in [6.07, 6.45) is 3.24. The van der Waals surface area contributed by atoms with Gasteiger partial charge >= 0.3 is 0 Å². The van der Waals surface area contributed by atoms with E-state index in [1.165, 1.54) is 0 Å². The van der Waals surface area contributed by atoms with Gasteiger partial charge < -0.3 is 19.5 Å². The third-order valence-electron chi connectivity index (χ3n) is 6.70. The maximum absolute atomic E-state index is 13.2. The highest BCUT2D eigenvalue weighted by molar-refractivity contribution is 6.46. The molecule has 1 unspecified atom stereocenters. The number of amides is 1. The number of pyridine rings is 1. The second-order valence-corrected chi connectivity index (χ2v) is 9.03. The largest absolute Gasteiger partial charge is 0.507 e. The van der Waals surface area contributed by atoms with E-state index >= 15 is 0 Å². The molecule has 2 aliphatic heterocycles. The Kier molecular flexibility index (Phi) is 7.58. The fraction of sp³-hybridized carbons (Fsp3) is 0.276. The lowest BCUT2D eigenvalue weighted by atomic mass is 9.96. The van der Waals surface area contributed by atoms with E-state index < -0.39 is 17.7 Å². The van der Waals surface area contributed by atoms with E-state index in [0.29, 0.717) is 44.2 Å². The molecule has 190 valence electrons. The first-order chi connectivity index (χ1) is 18.1. The van der Waals surface area contributed by atoms with Gasteiger partial charge in [-0.25, -0.2) is 0 Å². The average molecular weight is 500 g/mol. The Bertz CT molecular complexity index is 1260. The van der Waals surface area contributed by atoms with Crippen LogP contribution in [-0.2, 0) is 20.9 Å². The molecule has 1 N–H and O–H groups in total. The smallest absolute Gasteiger partial charge is 0.295 e. The molecule has 2 aromatic carbocycles. The first kappa shape index (κ1) is 24.7. The predicted octanol–water partition coefficient (Wildman–Crippen LogP) is 3.41. The molecule has 2 fully saturated rings. The van der Waals surface area contributed by atoms with E-state index in [-0.39, 0.29) is 11.3 Å². The maximum atomic E-state index is 13.2. The van der Waals surface area contributed by atoms with Crippen LogP contribution in [0.25, 0.3) is 5.76 Å². The van der Waals surface area contributed by atoms with Crippen LogP contribution in [0.2, 0.25) is 0 Å². The van der Waals surface area contributed by atoms with E-state index in [9.17, 15) is 14.7 Å². The molecule has 2 saturated heterocycles. The third kappa shape index (κ3) is 5.55. The Morgan fingerprint density at radius 1 is 0.946 bits per heavy atom. The van der Waals surface area contributed by atoms with Crippen molar-refractivity contribution in [1.29, 1.82) is 0 Å². The van der Waals surface area contributed by atoms with E-state index in [4.69, 9.17) is 9.47 Å². The van der Waals surface area contributed by atoms with E-state index in [0.717, 1.165) is 24.2 Å². The van der Waals surface area contributed by atoms with Crippen molar-refractivity contribution in [1.82, 2.24) is 14.8 Å². The molecule has 0 bridgehead atoms. The Morgan fingerprint density at radius 2 is 1.65 bits per heavy atom. The number of hydrogen-bond donors (Lipinski definition) is 1. The van der Waals surface area contributed by atoms with Crippen LogP contribution in [0.3, 0.4) is 0 Å². The summed E-state index contributed by atoms with van der Waals surface area (Å²) < 4.78 is 11.3. The number of aliphatic hydroxyl groups is 1. The molecule has 1 atom stereocenters. The molecule has 8 nitrogen and oxygen atoms in total. The number of hydrogen-bond acceptors (Lipinski definition) is 7. The summed E-state index contributed by atoms with van der Waals surface area (Å²) in [6, 6.07) is 19.5. The summed E-state index contributed by atoms with van der Waals surface area (Å²) in [5, 5.41) is 11.3. The van der Waals surface area contributed by atoms with Crippen LogP contribution in [0.4, 0.5) is 0 Å². The molecule has 0 aliphatic carbocycles. The van der Waals surface area contributed by atoms with Crippen molar-refractivity contribution < 1.29 is 24.2 Å². The van der Waals surface area contributed by atoms with Gasteiger partial charge in [-0.2, -0.15) is 0 Å². The molecular formula is C29H29N3O5. The highest BCUT2D eigenvalue weighted by Crippen LogP contribution is 2.39. The highest BCUT2D eigenvalue weighted by Gasteiger charge is 2.46. The number of nitrogens with zero attached hydrogens (tertiary/aromatic N) is 3. The van der Waals surface area contributed by atoms with Gasteiger partial charge in [0, 0.05) is 44.1 Å². The number of morpholine rings is 1. The summed E-state index contributed by atoms with van der Waals surface area (Å²) in [7, 11) is 0. The highest BCUT2D eigenvalue weighted by atomic mass is 16.5. The quantitative estimate of drug-likeness (QED) is 0.288. The molecule has 2 aliphatic rings. The van der Waals surface area contributed by atoms with Crippen LogP contribution >= 0.6 is 0 Å². The van der Waals surface area contributed by atoms with E-state index in [1.807, 2.05) is 30.3 Å². The van der Waals surface area contributed by atoms with Gasteiger partial charge in [-0.3, -0.25) is 19.5 Å². The molecule has 3 aromatic rings. The van der Waals surface area contributed by atoms with Crippen LogP contribution in [-0.4, -0.2) is 71.0 Å². The molecule has 1 amide bonds. The van der Waals surface area contributed by atoms with Crippen LogP contribution in [0.1, 0.15) is 22.7 Å². The summed E-state index contributed by atoms with van der Waals surface area (Å²) in [5.41, 5.74) is 2.29. The van der Waals surface area contributed by atoms with Crippen LogP contribution in [0.5, 0.6) is 5.75 Å². The van der Waals surface area contributed by atoms with Gasteiger partial charge in [-0.15, -0.1) is 0 Å². The van der Waals surface area contributed by atoms with Crippen molar-refractivity contribution in [2.45, 2.75) is 12.6 Å². The molecule has 3 heterocycles.